The molecule has 0 bridgehead atoms. The Morgan fingerprint density at radius 2 is 1.94 bits per heavy atom. The molecule has 2 fully saturated rings. The first-order valence-corrected chi connectivity index (χ1v) is 12.9. The van der Waals surface area contributed by atoms with E-state index in [0.29, 0.717) is 64.5 Å². The molecule has 6 rings (SSSR count). The smallest absolute Gasteiger partial charge is 0.384 e. The standard InChI is InChI=1S/C25H27ClFN7O2/c1-14-4-6-15(7-5-14)13-34-19-18(16-10-17(26)12-28-11-16)29-21(22-32-33-24(35)36-22)30-20(19)31-23(34)25(27)8-2-3-9-25/h10-12,14-15H,2-9,13H2,1H3,(H,33,35). The highest BCUT2D eigenvalue weighted by molar-refractivity contribution is 6.30. The van der Waals surface area contributed by atoms with Crippen LogP contribution in [-0.4, -0.2) is 34.7 Å². The maximum atomic E-state index is 16.3. The Kier molecular flexibility index (Phi) is 5.86. The SMILES string of the molecule is CC1CCC(Cn2c(C3(F)CCCC3)nc3nc(-c4n[nH]c(=O)o4)nc(-c4cncc(Cl)c4)c32)CC1. The maximum Gasteiger partial charge on any atom is 0.434 e. The third kappa shape index (κ3) is 4.21. The second-order valence-corrected chi connectivity index (χ2v) is 10.7. The van der Waals surface area contributed by atoms with Gasteiger partial charge in [0.25, 0.3) is 5.89 Å². The minimum absolute atomic E-state index is 0.0636. The predicted molar refractivity (Wildman–Crippen MR) is 132 cm³/mol. The molecule has 4 aromatic rings. The highest BCUT2D eigenvalue weighted by atomic mass is 35.5. The number of fused-ring (bicyclic) bond motifs is 1. The Bertz CT molecular complexity index is 1460. The van der Waals surface area contributed by atoms with Crippen molar-refractivity contribution in [3.05, 3.63) is 39.9 Å². The molecule has 0 radical (unpaired) electrons. The molecular weight excluding hydrogens is 485 g/mol. The number of rotatable bonds is 5. The molecule has 4 aromatic heterocycles. The molecule has 0 aromatic carbocycles. The van der Waals surface area contributed by atoms with E-state index in [4.69, 9.17) is 26.0 Å². The third-order valence-electron chi connectivity index (χ3n) is 7.58. The molecule has 4 heterocycles. The Morgan fingerprint density at radius 3 is 2.64 bits per heavy atom. The van der Waals surface area contributed by atoms with Crippen LogP contribution >= 0.6 is 11.6 Å². The van der Waals surface area contributed by atoms with Crippen LogP contribution in [0.25, 0.3) is 34.1 Å². The van der Waals surface area contributed by atoms with Crippen molar-refractivity contribution in [3.63, 3.8) is 0 Å². The van der Waals surface area contributed by atoms with Crippen LogP contribution in [0.15, 0.2) is 27.7 Å². The van der Waals surface area contributed by atoms with Crippen LogP contribution in [0.5, 0.6) is 0 Å². The van der Waals surface area contributed by atoms with Gasteiger partial charge < -0.3 is 8.98 Å². The zero-order valence-corrected chi connectivity index (χ0v) is 20.8. The van der Waals surface area contributed by atoms with Crippen molar-refractivity contribution in [2.45, 2.75) is 70.5 Å². The van der Waals surface area contributed by atoms with Gasteiger partial charge in [-0.2, -0.15) is 0 Å². The predicted octanol–water partition coefficient (Wildman–Crippen LogP) is 5.45. The molecular formula is C25H27ClFN7O2. The van der Waals surface area contributed by atoms with E-state index in [1.807, 2.05) is 4.57 Å². The Hall–Kier alpha value is -3.14. The number of nitrogens with zero attached hydrogens (tertiary/aromatic N) is 6. The van der Waals surface area contributed by atoms with Gasteiger partial charge in [-0.15, -0.1) is 5.10 Å². The minimum atomic E-state index is -1.52. The lowest BCUT2D eigenvalue weighted by atomic mass is 9.83. The number of H-pyrrole nitrogens is 1. The highest BCUT2D eigenvalue weighted by Gasteiger charge is 2.41. The lowest BCUT2D eigenvalue weighted by Crippen LogP contribution is -2.25. The summed E-state index contributed by atoms with van der Waals surface area (Å²) in [5.74, 6) is 0.830. The number of alkyl halides is 1. The van der Waals surface area contributed by atoms with Crippen LogP contribution in [-0.2, 0) is 12.2 Å². The molecule has 0 unspecified atom stereocenters. The van der Waals surface area contributed by atoms with E-state index >= 15 is 4.39 Å². The summed E-state index contributed by atoms with van der Waals surface area (Å²) in [4.78, 5) is 29.9. The van der Waals surface area contributed by atoms with Crippen LogP contribution in [0, 0.1) is 11.8 Å². The number of aromatic nitrogens is 7. The summed E-state index contributed by atoms with van der Waals surface area (Å²) < 4.78 is 23.5. The van der Waals surface area contributed by atoms with Gasteiger partial charge in [0.2, 0.25) is 5.82 Å². The fraction of sp³-hybridized carbons (Fsp3) is 0.520. The number of nitrogens with one attached hydrogen (secondary N) is 1. The van der Waals surface area contributed by atoms with E-state index in [-0.39, 0.29) is 11.7 Å². The van der Waals surface area contributed by atoms with Crippen molar-refractivity contribution < 1.29 is 8.81 Å². The fourth-order valence-corrected chi connectivity index (χ4v) is 5.82. The monoisotopic (exact) mass is 511 g/mol. The minimum Gasteiger partial charge on any atom is -0.384 e. The molecule has 188 valence electrons. The molecule has 0 atom stereocenters. The van der Waals surface area contributed by atoms with E-state index in [1.54, 1.807) is 12.3 Å². The Balaban J connectivity index is 1.59. The zero-order valence-electron chi connectivity index (χ0n) is 20.0. The van der Waals surface area contributed by atoms with Gasteiger partial charge in [0.05, 0.1) is 5.02 Å². The number of halogens is 2. The third-order valence-corrected chi connectivity index (χ3v) is 7.79. The Morgan fingerprint density at radius 1 is 1.17 bits per heavy atom. The first-order chi connectivity index (χ1) is 17.4. The second-order valence-electron chi connectivity index (χ2n) is 10.2. The van der Waals surface area contributed by atoms with Crippen molar-refractivity contribution in [2.24, 2.45) is 11.8 Å². The van der Waals surface area contributed by atoms with Crippen molar-refractivity contribution in [1.82, 2.24) is 34.7 Å². The largest absolute Gasteiger partial charge is 0.434 e. The van der Waals surface area contributed by atoms with Crippen molar-refractivity contribution in [3.8, 4) is 23.0 Å². The van der Waals surface area contributed by atoms with Crippen LogP contribution in [0.1, 0.15) is 64.1 Å². The first-order valence-electron chi connectivity index (χ1n) is 12.5. The molecule has 0 spiro atoms. The number of aromatic amines is 1. The summed E-state index contributed by atoms with van der Waals surface area (Å²) in [6.07, 6.45) is 10.2. The van der Waals surface area contributed by atoms with Crippen LogP contribution < -0.4 is 5.76 Å². The van der Waals surface area contributed by atoms with Gasteiger partial charge in [-0.1, -0.05) is 31.4 Å². The summed E-state index contributed by atoms with van der Waals surface area (Å²) in [6.45, 7) is 2.93. The zero-order chi connectivity index (χ0) is 24.9. The quantitative estimate of drug-likeness (QED) is 0.378. The van der Waals surface area contributed by atoms with Crippen LogP contribution in [0.3, 0.4) is 0 Å². The molecule has 0 aliphatic heterocycles. The average Bonchev–Trinajstić information content (AvgIpc) is 3.59. The molecule has 2 aliphatic rings. The van der Waals surface area contributed by atoms with Crippen molar-refractivity contribution in [2.75, 3.05) is 0 Å². The van der Waals surface area contributed by atoms with E-state index in [0.717, 1.165) is 38.5 Å². The molecule has 0 saturated heterocycles. The summed E-state index contributed by atoms with van der Waals surface area (Å²) in [6, 6.07) is 1.75. The number of hydrogen-bond donors (Lipinski definition) is 1. The molecule has 36 heavy (non-hydrogen) atoms. The normalized spacial score (nSPS) is 21.9. The lowest BCUT2D eigenvalue weighted by molar-refractivity contribution is 0.151. The maximum absolute atomic E-state index is 16.3. The molecule has 9 nitrogen and oxygen atoms in total. The first kappa shape index (κ1) is 23.3. The summed E-state index contributed by atoms with van der Waals surface area (Å²) in [5, 5.41) is 6.57. The summed E-state index contributed by atoms with van der Waals surface area (Å²) in [5.41, 5.74) is 0.589. The average molecular weight is 512 g/mol. The van der Waals surface area contributed by atoms with Gasteiger partial charge in [0.15, 0.2) is 11.3 Å². The van der Waals surface area contributed by atoms with E-state index in [9.17, 15) is 4.79 Å². The summed E-state index contributed by atoms with van der Waals surface area (Å²) in [7, 11) is 0. The fourth-order valence-electron chi connectivity index (χ4n) is 5.65. The highest BCUT2D eigenvalue weighted by Crippen LogP contribution is 2.44. The van der Waals surface area contributed by atoms with Gasteiger partial charge in [-0.25, -0.2) is 29.2 Å². The lowest BCUT2D eigenvalue weighted by Gasteiger charge is -2.29. The Labute approximate surface area is 211 Å². The molecule has 11 heteroatoms. The number of imidazole rings is 1. The van der Waals surface area contributed by atoms with Gasteiger partial charge in [-0.05, 0) is 56.4 Å². The summed E-state index contributed by atoms with van der Waals surface area (Å²) >= 11 is 6.28. The topological polar surface area (TPSA) is 115 Å². The van der Waals surface area contributed by atoms with Gasteiger partial charge in [0, 0.05) is 24.5 Å². The van der Waals surface area contributed by atoms with Gasteiger partial charge >= 0.3 is 5.76 Å². The van der Waals surface area contributed by atoms with E-state index in [2.05, 4.69) is 27.1 Å². The van der Waals surface area contributed by atoms with Crippen molar-refractivity contribution >= 4 is 22.8 Å². The number of pyridine rings is 1. The number of hydrogen-bond acceptors (Lipinski definition) is 7. The molecule has 2 aliphatic carbocycles. The van der Waals surface area contributed by atoms with Crippen LogP contribution in [0.4, 0.5) is 4.39 Å². The van der Waals surface area contributed by atoms with E-state index < -0.39 is 11.4 Å². The molecule has 0 amide bonds. The second kappa shape index (κ2) is 9.06. The van der Waals surface area contributed by atoms with Gasteiger partial charge in [-0.3, -0.25) is 4.98 Å². The molecule has 1 N–H and O–H groups in total. The van der Waals surface area contributed by atoms with Crippen LogP contribution in [0.2, 0.25) is 5.02 Å². The van der Waals surface area contributed by atoms with Crippen molar-refractivity contribution in [1.29, 1.82) is 0 Å². The van der Waals surface area contributed by atoms with Gasteiger partial charge in [0.1, 0.15) is 17.0 Å². The van der Waals surface area contributed by atoms with E-state index in [1.165, 1.54) is 6.20 Å². The molecule has 2 saturated carbocycles.